The van der Waals surface area contributed by atoms with E-state index in [1.54, 1.807) is 59.1 Å². The van der Waals surface area contributed by atoms with Crippen molar-refractivity contribution in [2.24, 2.45) is 0 Å². The van der Waals surface area contributed by atoms with E-state index >= 15 is 0 Å². The summed E-state index contributed by atoms with van der Waals surface area (Å²) in [6.45, 7) is 7.09. The number of aliphatic hydroxyl groups excluding tert-OH is 1. The van der Waals surface area contributed by atoms with E-state index < -0.39 is 23.8 Å². The summed E-state index contributed by atoms with van der Waals surface area (Å²) in [4.78, 5) is 11.6. The van der Waals surface area contributed by atoms with E-state index in [9.17, 15) is 9.90 Å². The second-order valence-corrected chi connectivity index (χ2v) is 5.65. The molecule has 1 aromatic carbocycles. The molecule has 1 aromatic rings. The molecule has 0 heterocycles. The number of alkyl carbamates (subject to hydrolysis) is 1. The van der Waals surface area contributed by atoms with Crippen molar-refractivity contribution in [3.05, 3.63) is 29.8 Å². The third kappa shape index (κ3) is 5.09. The van der Waals surface area contributed by atoms with E-state index in [0.717, 1.165) is 0 Å². The van der Waals surface area contributed by atoms with Crippen LogP contribution in [0.2, 0.25) is 0 Å². The normalized spacial score (nSPS) is 14.3. The van der Waals surface area contributed by atoms with Gasteiger partial charge in [-0.2, -0.15) is 0 Å². The lowest BCUT2D eigenvalue weighted by Crippen LogP contribution is -2.40. The average molecular weight is 281 g/mol. The quantitative estimate of drug-likeness (QED) is 0.890. The van der Waals surface area contributed by atoms with Crippen LogP contribution in [0.5, 0.6) is 5.75 Å². The van der Waals surface area contributed by atoms with Crippen molar-refractivity contribution in [3.8, 4) is 5.75 Å². The van der Waals surface area contributed by atoms with Gasteiger partial charge in [-0.3, -0.25) is 0 Å². The lowest BCUT2D eigenvalue weighted by atomic mass is 10.0. The summed E-state index contributed by atoms with van der Waals surface area (Å²) in [6, 6.07) is 6.59. The van der Waals surface area contributed by atoms with E-state index in [0.29, 0.717) is 11.3 Å². The molecule has 0 saturated heterocycles. The second-order valence-electron chi connectivity index (χ2n) is 5.65. The number of hydrogen-bond donors (Lipinski definition) is 2. The van der Waals surface area contributed by atoms with Crippen LogP contribution < -0.4 is 10.1 Å². The first-order valence-electron chi connectivity index (χ1n) is 6.54. The molecule has 0 aliphatic carbocycles. The molecule has 5 heteroatoms. The Bertz CT molecular complexity index is 436. The Morgan fingerprint density at radius 1 is 1.25 bits per heavy atom. The molecule has 2 N–H and O–H groups in total. The zero-order valence-corrected chi connectivity index (χ0v) is 12.6. The maximum absolute atomic E-state index is 11.6. The molecule has 0 spiro atoms. The molecule has 5 nitrogen and oxygen atoms in total. The van der Waals surface area contributed by atoms with Gasteiger partial charge < -0.3 is 19.9 Å². The van der Waals surface area contributed by atoms with Crippen LogP contribution in [0.3, 0.4) is 0 Å². The van der Waals surface area contributed by atoms with Gasteiger partial charge in [0.1, 0.15) is 11.4 Å². The van der Waals surface area contributed by atoms with Crippen LogP contribution in [0.4, 0.5) is 4.79 Å². The summed E-state index contributed by atoms with van der Waals surface area (Å²) in [5.74, 6) is 0.716. The highest BCUT2D eigenvalue weighted by molar-refractivity contribution is 5.68. The van der Waals surface area contributed by atoms with Gasteiger partial charge in [0, 0.05) is 0 Å². The third-order valence-electron chi connectivity index (χ3n) is 2.68. The Labute approximate surface area is 119 Å². The first kappa shape index (κ1) is 16.3. The fourth-order valence-electron chi connectivity index (χ4n) is 1.66. The lowest BCUT2D eigenvalue weighted by molar-refractivity contribution is 0.0435. The van der Waals surface area contributed by atoms with Crippen molar-refractivity contribution in [2.75, 3.05) is 7.11 Å². The molecule has 1 rings (SSSR count). The van der Waals surface area contributed by atoms with Crippen molar-refractivity contribution in [1.29, 1.82) is 0 Å². The van der Waals surface area contributed by atoms with Crippen molar-refractivity contribution in [2.45, 2.75) is 45.4 Å². The van der Waals surface area contributed by atoms with Gasteiger partial charge in [0.15, 0.2) is 0 Å². The first-order valence-corrected chi connectivity index (χ1v) is 6.54. The molecule has 0 aromatic heterocycles. The molecule has 20 heavy (non-hydrogen) atoms. The molecular formula is C15H23NO4. The molecule has 2 atom stereocenters. The minimum Gasteiger partial charge on any atom is -0.497 e. The maximum Gasteiger partial charge on any atom is 0.407 e. The maximum atomic E-state index is 11.6. The highest BCUT2D eigenvalue weighted by Crippen LogP contribution is 2.20. The van der Waals surface area contributed by atoms with Crippen molar-refractivity contribution in [3.63, 3.8) is 0 Å². The van der Waals surface area contributed by atoms with Crippen molar-refractivity contribution in [1.82, 2.24) is 5.32 Å². The standard InChI is InChI=1S/C15H23NO4/c1-10(16-14(18)20-15(2,3)4)13(17)11-6-8-12(19-5)9-7-11/h6-10,13,17H,1-5H3,(H,16,18)/t10-,13-/m1/s1. The van der Waals surface area contributed by atoms with E-state index in [1.165, 1.54) is 0 Å². The van der Waals surface area contributed by atoms with Gasteiger partial charge in [0.05, 0.1) is 19.3 Å². The Kier molecular flexibility index (Phi) is 5.39. The number of methoxy groups -OCH3 is 1. The number of carbonyl (C=O) groups excluding carboxylic acids is 1. The number of rotatable bonds is 4. The Morgan fingerprint density at radius 3 is 2.25 bits per heavy atom. The smallest absolute Gasteiger partial charge is 0.407 e. The van der Waals surface area contributed by atoms with Gasteiger partial charge >= 0.3 is 6.09 Å². The average Bonchev–Trinajstić information content (AvgIpc) is 2.35. The Balaban J connectivity index is 2.61. The van der Waals surface area contributed by atoms with E-state index in [4.69, 9.17) is 9.47 Å². The van der Waals surface area contributed by atoms with Gasteiger partial charge in [-0.1, -0.05) is 12.1 Å². The van der Waals surface area contributed by atoms with Crippen LogP contribution in [0.15, 0.2) is 24.3 Å². The zero-order chi connectivity index (χ0) is 15.3. The summed E-state index contributed by atoms with van der Waals surface area (Å²) in [5.41, 5.74) is 0.142. The summed E-state index contributed by atoms with van der Waals surface area (Å²) in [5, 5.41) is 12.8. The van der Waals surface area contributed by atoms with Gasteiger partial charge in [-0.15, -0.1) is 0 Å². The molecule has 0 saturated carbocycles. The molecule has 0 bridgehead atoms. The number of benzene rings is 1. The largest absolute Gasteiger partial charge is 0.497 e. The van der Waals surface area contributed by atoms with Crippen LogP contribution in [0, 0.1) is 0 Å². The second kappa shape index (κ2) is 6.61. The van der Waals surface area contributed by atoms with Gasteiger partial charge in [0.2, 0.25) is 0 Å². The highest BCUT2D eigenvalue weighted by atomic mass is 16.6. The fourth-order valence-corrected chi connectivity index (χ4v) is 1.66. The minimum absolute atomic E-state index is 0.460. The number of nitrogens with one attached hydrogen (secondary N) is 1. The summed E-state index contributed by atoms with van der Waals surface area (Å²) < 4.78 is 10.2. The van der Waals surface area contributed by atoms with Crippen LogP contribution in [0.1, 0.15) is 39.4 Å². The van der Waals surface area contributed by atoms with Crippen LogP contribution >= 0.6 is 0 Å². The van der Waals surface area contributed by atoms with E-state index in [-0.39, 0.29) is 0 Å². The molecule has 0 unspecified atom stereocenters. The van der Waals surface area contributed by atoms with Crippen LogP contribution in [-0.4, -0.2) is 30.0 Å². The molecule has 0 aliphatic heterocycles. The van der Waals surface area contributed by atoms with Crippen molar-refractivity contribution < 1.29 is 19.4 Å². The summed E-state index contributed by atoms with van der Waals surface area (Å²) in [6.07, 6.45) is -1.36. The molecule has 0 fully saturated rings. The zero-order valence-electron chi connectivity index (χ0n) is 12.6. The van der Waals surface area contributed by atoms with Crippen LogP contribution in [-0.2, 0) is 4.74 Å². The van der Waals surface area contributed by atoms with Crippen LogP contribution in [0.25, 0.3) is 0 Å². The number of ether oxygens (including phenoxy) is 2. The predicted molar refractivity (Wildman–Crippen MR) is 76.8 cm³/mol. The number of hydrogen-bond acceptors (Lipinski definition) is 4. The van der Waals surface area contributed by atoms with Gasteiger partial charge in [-0.05, 0) is 45.4 Å². The topological polar surface area (TPSA) is 67.8 Å². The molecule has 0 radical (unpaired) electrons. The Hall–Kier alpha value is -1.75. The lowest BCUT2D eigenvalue weighted by Gasteiger charge is -2.24. The van der Waals surface area contributed by atoms with Gasteiger partial charge in [-0.25, -0.2) is 4.79 Å². The Morgan fingerprint density at radius 2 is 1.80 bits per heavy atom. The SMILES string of the molecule is COc1ccc([C@H](O)[C@@H](C)NC(=O)OC(C)(C)C)cc1. The monoisotopic (exact) mass is 281 g/mol. The number of amides is 1. The molecule has 0 aliphatic rings. The summed E-state index contributed by atoms with van der Waals surface area (Å²) in [7, 11) is 1.58. The first-order chi connectivity index (χ1) is 9.23. The third-order valence-corrected chi connectivity index (χ3v) is 2.68. The number of carbonyl (C=O) groups is 1. The van der Waals surface area contributed by atoms with Crippen molar-refractivity contribution >= 4 is 6.09 Å². The predicted octanol–water partition coefficient (Wildman–Crippen LogP) is 2.64. The molecular weight excluding hydrogens is 258 g/mol. The van der Waals surface area contributed by atoms with E-state index in [2.05, 4.69) is 5.32 Å². The van der Waals surface area contributed by atoms with Gasteiger partial charge in [0.25, 0.3) is 0 Å². The fraction of sp³-hybridized carbons (Fsp3) is 0.533. The minimum atomic E-state index is -0.812. The summed E-state index contributed by atoms with van der Waals surface area (Å²) >= 11 is 0. The van der Waals surface area contributed by atoms with E-state index in [1.807, 2.05) is 0 Å². The molecule has 112 valence electrons. The number of aliphatic hydroxyl groups is 1. The molecule has 1 amide bonds. The highest BCUT2D eigenvalue weighted by Gasteiger charge is 2.22.